The Balaban J connectivity index is 3.20. The van der Waals surface area contributed by atoms with Crippen molar-refractivity contribution in [1.29, 1.82) is 0 Å². The summed E-state index contributed by atoms with van der Waals surface area (Å²) in [6.45, 7) is 11.8. The normalized spacial score (nSPS) is 13.1. The van der Waals surface area contributed by atoms with Gasteiger partial charge in [0.2, 0.25) is 15.9 Å². The van der Waals surface area contributed by atoms with E-state index >= 15 is 0 Å². The van der Waals surface area contributed by atoms with Gasteiger partial charge in [0.25, 0.3) is 0 Å². The topological polar surface area (TPSA) is 79.0 Å². The molecule has 0 aliphatic heterocycles. The second-order valence-corrected chi connectivity index (χ2v) is 9.30. The van der Waals surface area contributed by atoms with Gasteiger partial charge >= 0.3 is 0 Å². The quantitative estimate of drug-likeness (QED) is 0.691. The van der Waals surface area contributed by atoms with Crippen molar-refractivity contribution in [2.24, 2.45) is 0 Å². The van der Waals surface area contributed by atoms with E-state index < -0.39 is 16.1 Å². The van der Waals surface area contributed by atoms with Gasteiger partial charge in [0.15, 0.2) is 0 Å². The Labute approximate surface area is 163 Å². The lowest BCUT2D eigenvalue weighted by Crippen LogP contribution is -2.48. The van der Waals surface area contributed by atoms with E-state index in [0.29, 0.717) is 18.0 Å². The second-order valence-electron chi connectivity index (χ2n) is 7.18. The van der Waals surface area contributed by atoms with E-state index in [4.69, 9.17) is 4.74 Å². The van der Waals surface area contributed by atoms with Crippen LogP contribution >= 0.6 is 0 Å². The molecule has 0 saturated carbocycles. The monoisotopic (exact) mass is 399 g/mol. The third-order valence-corrected chi connectivity index (χ3v) is 5.96. The Morgan fingerprint density at radius 1 is 1.11 bits per heavy atom. The predicted octanol–water partition coefficient (Wildman–Crippen LogP) is 2.78. The van der Waals surface area contributed by atoms with Crippen LogP contribution in [0, 0.1) is 0 Å². The molecule has 0 saturated heterocycles. The summed E-state index contributed by atoms with van der Waals surface area (Å²) in [7, 11) is -0.733. The lowest BCUT2D eigenvalue weighted by Gasteiger charge is -2.33. The molecular weight excluding hydrogens is 366 g/mol. The SMILES string of the molecule is CCOc1ccc(NC(C)C(=O)N(C(C)C)C(C)C)cc1S(=O)(=O)N(C)C. The van der Waals surface area contributed by atoms with Crippen molar-refractivity contribution in [3.63, 3.8) is 0 Å². The van der Waals surface area contributed by atoms with Crippen LogP contribution in [0.1, 0.15) is 41.5 Å². The first kappa shape index (κ1) is 23.2. The minimum Gasteiger partial charge on any atom is -0.492 e. The number of amides is 1. The molecule has 0 fully saturated rings. The lowest BCUT2D eigenvalue weighted by molar-refractivity contribution is -0.135. The number of nitrogens with zero attached hydrogens (tertiary/aromatic N) is 2. The Hall–Kier alpha value is -1.80. The molecule has 0 radical (unpaired) electrons. The first-order chi connectivity index (χ1) is 12.4. The predicted molar refractivity (Wildman–Crippen MR) is 109 cm³/mol. The highest BCUT2D eigenvalue weighted by atomic mass is 32.2. The van der Waals surface area contributed by atoms with Crippen molar-refractivity contribution in [2.75, 3.05) is 26.0 Å². The first-order valence-electron chi connectivity index (χ1n) is 9.21. The van der Waals surface area contributed by atoms with E-state index in [-0.39, 0.29) is 22.9 Å². The second kappa shape index (κ2) is 9.41. The molecule has 0 spiro atoms. The Morgan fingerprint density at radius 2 is 1.67 bits per heavy atom. The zero-order valence-electron chi connectivity index (χ0n) is 17.6. The fourth-order valence-electron chi connectivity index (χ4n) is 2.91. The van der Waals surface area contributed by atoms with Gasteiger partial charge < -0.3 is 15.0 Å². The lowest BCUT2D eigenvalue weighted by atomic mass is 10.1. The van der Waals surface area contributed by atoms with Gasteiger partial charge in [0.05, 0.1) is 6.61 Å². The molecule has 7 nitrogen and oxygen atoms in total. The Bertz CT molecular complexity index is 737. The molecule has 1 amide bonds. The number of ether oxygens (including phenoxy) is 1. The molecule has 0 aromatic heterocycles. The minimum atomic E-state index is -3.68. The number of hydrogen-bond donors (Lipinski definition) is 1. The van der Waals surface area contributed by atoms with E-state index in [2.05, 4.69) is 5.32 Å². The molecule has 1 unspecified atom stereocenters. The number of sulfonamides is 1. The van der Waals surface area contributed by atoms with E-state index in [9.17, 15) is 13.2 Å². The van der Waals surface area contributed by atoms with E-state index in [0.717, 1.165) is 4.31 Å². The highest BCUT2D eigenvalue weighted by Gasteiger charge is 2.27. The third-order valence-electron chi connectivity index (χ3n) is 4.12. The molecule has 154 valence electrons. The molecule has 1 atom stereocenters. The molecule has 0 heterocycles. The molecule has 0 aliphatic carbocycles. The van der Waals surface area contributed by atoms with Gasteiger partial charge in [0, 0.05) is 31.9 Å². The molecule has 1 N–H and O–H groups in total. The van der Waals surface area contributed by atoms with Crippen LogP contribution < -0.4 is 10.1 Å². The molecule has 1 aromatic rings. The Kier molecular flexibility index (Phi) is 8.10. The van der Waals surface area contributed by atoms with Gasteiger partial charge in [0.1, 0.15) is 16.7 Å². The summed E-state index contributed by atoms with van der Waals surface area (Å²) < 4.78 is 31.9. The maximum absolute atomic E-state index is 12.8. The number of nitrogens with one attached hydrogen (secondary N) is 1. The van der Waals surface area contributed by atoms with Crippen LogP contribution in [0.5, 0.6) is 5.75 Å². The van der Waals surface area contributed by atoms with Crippen LogP contribution in [-0.4, -0.2) is 62.4 Å². The molecule has 0 bridgehead atoms. The first-order valence-corrected chi connectivity index (χ1v) is 10.7. The van der Waals surface area contributed by atoms with Crippen LogP contribution in [0.3, 0.4) is 0 Å². The van der Waals surface area contributed by atoms with Crippen molar-refractivity contribution in [1.82, 2.24) is 9.21 Å². The highest BCUT2D eigenvalue weighted by Crippen LogP contribution is 2.29. The van der Waals surface area contributed by atoms with Gasteiger partial charge in [-0.15, -0.1) is 0 Å². The largest absolute Gasteiger partial charge is 0.492 e. The molecule has 8 heteroatoms. The fourth-order valence-corrected chi connectivity index (χ4v) is 3.96. The summed E-state index contributed by atoms with van der Waals surface area (Å²) in [4.78, 5) is 14.7. The number of benzene rings is 1. The van der Waals surface area contributed by atoms with Crippen molar-refractivity contribution in [2.45, 2.75) is 64.6 Å². The van der Waals surface area contributed by atoms with Crippen molar-refractivity contribution in [3.8, 4) is 5.75 Å². The van der Waals surface area contributed by atoms with Crippen LogP contribution in [-0.2, 0) is 14.8 Å². The summed E-state index contributed by atoms with van der Waals surface area (Å²) in [6.07, 6.45) is 0. The van der Waals surface area contributed by atoms with Crippen molar-refractivity contribution < 1.29 is 17.9 Å². The third kappa shape index (κ3) is 5.59. The Morgan fingerprint density at radius 3 is 2.11 bits per heavy atom. The number of carbonyl (C=O) groups excluding carboxylic acids is 1. The number of anilines is 1. The van der Waals surface area contributed by atoms with Crippen molar-refractivity contribution in [3.05, 3.63) is 18.2 Å². The minimum absolute atomic E-state index is 0.0362. The maximum atomic E-state index is 12.8. The summed E-state index contributed by atoms with van der Waals surface area (Å²) in [5.41, 5.74) is 0.548. The van der Waals surface area contributed by atoms with Gasteiger partial charge in [-0.05, 0) is 59.7 Å². The number of carbonyl (C=O) groups is 1. The zero-order valence-corrected chi connectivity index (χ0v) is 18.4. The van der Waals surface area contributed by atoms with E-state index in [1.54, 1.807) is 26.0 Å². The zero-order chi connectivity index (χ0) is 20.9. The highest BCUT2D eigenvalue weighted by molar-refractivity contribution is 7.89. The van der Waals surface area contributed by atoms with Gasteiger partial charge in [-0.1, -0.05) is 0 Å². The average molecular weight is 400 g/mol. The summed E-state index contributed by atoms with van der Waals surface area (Å²) in [6, 6.07) is 4.50. The maximum Gasteiger partial charge on any atom is 0.246 e. The van der Waals surface area contributed by atoms with Gasteiger partial charge in [-0.3, -0.25) is 4.79 Å². The standard InChI is InChI=1S/C19H33N3O4S/c1-9-26-17-11-10-16(12-18(17)27(24,25)21(7)8)20-15(6)19(23)22(13(2)3)14(4)5/h10-15,20H,9H2,1-8H3. The van der Waals surface area contributed by atoms with Crippen molar-refractivity contribution >= 4 is 21.6 Å². The molecule has 0 aliphatic rings. The average Bonchev–Trinajstić information content (AvgIpc) is 2.55. The smallest absolute Gasteiger partial charge is 0.246 e. The van der Waals surface area contributed by atoms with Crippen LogP contribution in [0.15, 0.2) is 23.1 Å². The molecule has 27 heavy (non-hydrogen) atoms. The van der Waals surface area contributed by atoms with Crippen LogP contribution in [0.25, 0.3) is 0 Å². The van der Waals surface area contributed by atoms with Gasteiger partial charge in [-0.25, -0.2) is 12.7 Å². The van der Waals surface area contributed by atoms with E-state index in [1.807, 2.05) is 32.6 Å². The summed E-state index contributed by atoms with van der Waals surface area (Å²) >= 11 is 0. The van der Waals surface area contributed by atoms with Crippen LogP contribution in [0.4, 0.5) is 5.69 Å². The van der Waals surface area contributed by atoms with Gasteiger partial charge in [-0.2, -0.15) is 0 Å². The summed E-state index contributed by atoms with van der Waals surface area (Å²) in [5.74, 6) is 0.257. The summed E-state index contributed by atoms with van der Waals surface area (Å²) in [5, 5.41) is 3.12. The number of hydrogen-bond acceptors (Lipinski definition) is 5. The van der Waals surface area contributed by atoms with Crippen LogP contribution in [0.2, 0.25) is 0 Å². The van der Waals surface area contributed by atoms with E-state index in [1.165, 1.54) is 20.2 Å². The molecule has 1 rings (SSSR count). The number of rotatable bonds is 9. The fraction of sp³-hybridized carbons (Fsp3) is 0.632. The molecular formula is C19H33N3O4S. The molecule has 1 aromatic carbocycles.